The predicted molar refractivity (Wildman–Crippen MR) is 157 cm³/mol. The van der Waals surface area contributed by atoms with Crippen LogP contribution in [-0.2, 0) is 0 Å². The second-order valence-electron chi connectivity index (χ2n) is 11.6. The van der Waals surface area contributed by atoms with Crippen molar-refractivity contribution >= 4 is 23.2 Å². The van der Waals surface area contributed by atoms with Gasteiger partial charge in [-0.1, -0.05) is 41.8 Å². The fourth-order valence-corrected chi connectivity index (χ4v) is 7.20. The summed E-state index contributed by atoms with van der Waals surface area (Å²) in [6.07, 6.45) is 8.59. The van der Waals surface area contributed by atoms with Crippen molar-refractivity contribution in [3.05, 3.63) is 57.3 Å². The molecule has 6 rings (SSSR count). The van der Waals surface area contributed by atoms with Crippen molar-refractivity contribution in [2.24, 2.45) is 11.8 Å². The van der Waals surface area contributed by atoms with Crippen LogP contribution in [0.25, 0.3) is 16.9 Å². The molecule has 3 aromatic rings. The Labute approximate surface area is 244 Å². The molecule has 3 aliphatic rings. The summed E-state index contributed by atoms with van der Waals surface area (Å²) < 4.78 is 3.42. The minimum atomic E-state index is -0.0687. The summed E-state index contributed by atoms with van der Waals surface area (Å²) in [5.74, 6) is 1.11. The van der Waals surface area contributed by atoms with E-state index in [0.717, 1.165) is 51.7 Å². The highest BCUT2D eigenvalue weighted by atomic mass is 35.5. The second-order valence-corrected chi connectivity index (χ2v) is 12.4. The maximum Gasteiger partial charge on any atom is 0.254 e. The van der Waals surface area contributed by atoms with Crippen molar-refractivity contribution in [3.63, 3.8) is 0 Å². The topological polar surface area (TPSA) is 105 Å². The highest BCUT2D eigenvalue weighted by Crippen LogP contribution is 2.34. The molecule has 1 aromatic carbocycles. The molecule has 3 aliphatic heterocycles. The number of piperidine rings is 1. The van der Waals surface area contributed by atoms with E-state index in [0.29, 0.717) is 45.9 Å². The van der Waals surface area contributed by atoms with Gasteiger partial charge in [-0.3, -0.25) is 14.8 Å². The van der Waals surface area contributed by atoms with Crippen molar-refractivity contribution in [3.8, 4) is 16.9 Å². The van der Waals surface area contributed by atoms with Gasteiger partial charge in [-0.05, 0) is 68.8 Å². The number of nitrogens with zero attached hydrogens (tertiary/aromatic N) is 6. The minimum absolute atomic E-state index is 0.0301. The minimum Gasteiger partial charge on any atom is -0.312 e. The molecule has 0 radical (unpaired) electrons. The van der Waals surface area contributed by atoms with E-state index in [1.54, 1.807) is 35.4 Å². The Morgan fingerprint density at radius 1 is 1.05 bits per heavy atom. The Balaban J connectivity index is 1.33. The molecule has 4 unspecified atom stereocenters. The van der Waals surface area contributed by atoms with Crippen LogP contribution in [-0.4, -0.2) is 74.4 Å². The van der Waals surface area contributed by atoms with Gasteiger partial charge in [0, 0.05) is 48.4 Å². The first-order chi connectivity index (χ1) is 19.4. The zero-order valence-electron chi connectivity index (χ0n) is 22.9. The molecule has 12 heteroatoms. The molecule has 2 aromatic heterocycles. The van der Waals surface area contributed by atoms with Gasteiger partial charge in [-0.25, -0.2) is 14.7 Å². The molecule has 0 amide bonds. The maximum absolute atomic E-state index is 13.8. The van der Waals surface area contributed by atoms with E-state index in [-0.39, 0.29) is 22.8 Å². The van der Waals surface area contributed by atoms with Gasteiger partial charge in [0.25, 0.3) is 5.56 Å². The third-order valence-corrected chi connectivity index (χ3v) is 9.32. The van der Waals surface area contributed by atoms with Crippen LogP contribution >= 0.6 is 23.2 Å². The smallest absolute Gasteiger partial charge is 0.254 e. The quantitative estimate of drug-likeness (QED) is 0.430. The summed E-state index contributed by atoms with van der Waals surface area (Å²) in [6, 6.07) is 8.10. The van der Waals surface area contributed by atoms with Crippen LogP contribution < -0.4 is 21.6 Å². The van der Waals surface area contributed by atoms with Crippen molar-refractivity contribution in [2.45, 2.75) is 63.2 Å². The lowest BCUT2D eigenvalue weighted by Crippen LogP contribution is -2.54. The van der Waals surface area contributed by atoms with Crippen LogP contribution in [0.5, 0.6) is 0 Å². The Kier molecular flexibility index (Phi) is 8.26. The molecule has 5 heterocycles. The average molecular weight is 587 g/mol. The molecule has 10 nitrogen and oxygen atoms in total. The van der Waals surface area contributed by atoms with Gasteiger partial charge < -0.3 is 10.6 Å². The molecular weight excluding hydrogens is 549 g/mol. The largest absolute Gasteiger partial charge is 0.312 e. The number of nitrogens with one attached hydrogen (secondary N) is 3. The molecule has 6 atom stereocenters. The summed E-state index contributed by atoms with van der Waals surface area (Å²) in [7, 11) is 2.17. The van der Waals surface area contributed by atoms with Gasteiger partial charge in [-0.15, -0.1) is 5.10 Å². The molecule has 0 spiro atoms. The van der Waals surface area contributed by atoms with Crippen molar-refractivity contribution in [2.75, 3.05) is 26.7 Å². The molecule has 40 heavy (non-hydrogen) atoms. The highest BCUT2D eigenvalue weighted by Gasteiger charge is 2.41. The number of hydrogen-bond donors (Lipinski definition) is 3. The Bertz CT molecular complexity index is 1390. The number of likely N-dealkylation sites (N-methyl/N-ethyl adjacent to an activating group) is 1. The number of hydrazine groups is 1. The number of aromatic nitrogens is 5. The number of hydrogen-bond acceptors (Lipinski definition) is 8. The SMILES string of the molecule is C[C@@H]1CCC[C@H](n2cnc(-c3cc(Cl)ccc3-n3cc(Cl)nn3)cc2=O)C2CC(CCN2)C2C(CNN2C)NC1. The normalized spacial score (nSPS) is 29.9. The van der Waals surface area contributed by atoms with E-state index in [1.165, 1.54) is 0 Å². The maximum atomic E-state index is 13.8. The summed E-state index contributed by atoms with van der Waals surface area (Å²) in [5, 5.41) is 18.7. The van der Waals surface area contributed by atoms with Gasteiger partial charge in [-0.2, -0.15) is 0 Å². The molecule has 3 fully saturated rings. The fourth-order valence-electron chi connectivity index (χ4n) is 6.91. The fraction of sp³-hybridized carbons (Fsp3) is 0.571. The second kappa shape index (κ2) is 11.9. The lowest BCUT2D eigenvalue weighted by atomic mass is 9.80. The number of benzene rings is 1. The molecule has 2 bridgehead atoms. The average Bonchev–Trinajstić information content (AvgIpc) is 3.54. The lowest BCUT2D eigenvalue weighted by Gasteiger charge is -2.42. The first-order valence-corrected chi connectivity index (χ1v) is 15.0. The molecule has 0 aliphatic carbocycles. The third-order valence-electron chi connectivity index (χ3n) is 8.91. The Morgan fingerprint density at radius 2 is 1.93 bits per heavy atom. The molecular formula is C28H37Cl2N9O. The zero-order valence-corrected chi connectivity index (χ0v) is 24.4. The number of rotatable bonds is 3. The standard InChI is InChI=1S/C28H37Cl2N9O/c1-17-4-3-5-25(22-10-18(8-9-31-22)28-23(32-13-17)14-34-37(28)2)38-16-33-21(12-27(38)40)20-11-19(29)6-7-24(20)39-15-26(30)35-36-39/h6-7,11-12,15-18,22-23,25,28,31-32,34H,3-5,8-10,13-14H2,1-2H3/t17-,18?,22?,23?,25+,28?/m1/s1. The van der Waals surface area contributed by atoms with E-state index in [2.05, 4.69) is 45.4 Å². The van der Waals surface area contributed by atoms with E-state index in [9.17, 15) is 4.79 Å². The van der Waals surface area contributed by atoms with Crippen LogP contribution in [0.3, 0.4) is 0 Å². The monoisotopic (exact) mass is 585 g/mol. The molecule has 3 saturated heterocycles. The van der Waals surface area contributed by atoms with Crippen molar-refractivity contribution < 1.29 is 0 Å². The summed E-state index contributed by atoms with van der Waals surface area (Å²) in [6.45, 7) is 5.25. The van der Waals surface area contributed by atoms with Crippen molar-refractivity contribution in [1.29, 1.82) is 0 Å². The molecule has 214 valence electrons. The van der Waals surface area contributed by atoms with E-state index in [4.69, 9.17) is 28.2 Å². The summed E-state index contributed by atoms with van der Waals surface area (Å²) in [4.78, 5) is 18.6. The van der Waals surface area contributed by atoms with Crippen LogP contribution in [0.2, 0.25) is 10.2 Å². The number of fused-ring (bicyclic) bond motifs is 4. The van der Waals surface area contributed by atoms with Gasteiger partial charge in [0.2, 0.25) is 0 Å². The first-order valence-electron chi connectivity index (χ1n) is 14.3. The van der Waals surface area contributed by atoms with Gasteiger partial charge in [0.1, 0.15) is 0 Å². The first kappa shape index (κ1) is 27.8. The highest BCUT2D eigenvalue weighted by molar-refractivity contribution is 6.31. The Hall–Kier alpha value is -2.34. The summed E-state index contributed by atoms with van der Waals surface area (Å²) in [5.41, 5.74) is 5.42. The number of halogens is 2. The van der Waals surface area contributed by atoms with Crippen LogP contribution in [0.4, 0.5) is 0 Å². The van der Waals surface area contributed by atoms with Gasteiger partial charge >= 0.3 is 0 Å². The predicted octanol–water partition coefficient (Wildman–Crippen LogP) is 3.30. The van der Waals surface area contributed by atoms with Gasteiger partial charge in [0.15, 0.2) is 5.15 Å². The molecule has 3 N–H and O–H groups in total. The van der Waals surface area contributed by atoms with Crippen LogP contribution in [0.1, 0.15) is 45.1 Å². The van der Waals surface area contributed by atoms with E-state index < -0.39 is 0 Å². The van der Waals surface area contributed by atoms with Crippen LogP contribution in [0, 0.1) is 11.8 Å². The van der Waals surface area contributed by atoms with E-state index in [1.807, 2.05) is 10.6 Å². The lowest BCUT2D eigenvalue weighted by molar-refractivity contribution is 0.108. The van der Waals surface area contributed by atoms with Gasteiger partial charge in [0.05, 0.1) is 29.9 Å². The molecule has 0 saturated carbocycles. The zero-order chi connectivity index (χ0) is 27.8. The third kappa shape index (κ3) is 5.70. The Morgan fingerprint density at radius 3 is 2.73 bits per heavy atom. The van der Waals surface area contributed by atoms with Crippen LogP contribution in [0.15, 0.2) is 41.6 Å². The van der Waals surface area contributed by atoms with Crippen molar-refractivity contribution in [1.82, 2.24) is 45.6 Å². The summed E-state index contributed by atoms with van der Waals surface area (Å²) >= 11 is 12.4. The van der Waals surface area contributed by atoms with E-state index >= 15 is 0 Å².